The zero-order valence-corrected chi connectivity index (χ0v) is 26.0. The van der Waals surface area contributed by atoms with Gasteiger partial charge in [0.05, 0.1) is 14.2 Å². The Morgan fingerprint density at radius 1 is 0.419 bits per heavy atom. The molecule has 0 aliphatic carbocycles. The number of hydrogen-bond acceptors (Lipinski definition) is 2. The lowest BCUT2D eigenvalue weighted by Gasteiger charge is -2.41. The van der Waals surface area contributed by atoms with Gasteiger partial charge >= 0.3 is 0 Å². The van der Waals surface area contributed by atoms with Crippen molar-refractivity contribution in [1.82, 2.24) is 4.67 Å². The van der Waals surface area contributed by atoms with Gasteiger partial charge in [-0.3, -0.25) is 4.67 Å². The summed E-state index contributed by atoms with van der Waals surface area (Å²) in [7, 11) is 0.294. The molecule has 6 aromatic rings. The molecule has 6 rings (SSSR count). The molecule has 43 heavy (non-hydrogen) atoms. The Hall–Kier alpha value is -3.90. The lowest BCUT2D eigenvalue weighted by atomic mass is 9.96. The van der Waals surface area contributed by atoms with Crippen molar-refractivity contribution >= 4 is 37.4 Å². The Labute approximate surface area is 258 Å². The van der Waals surface area contributed by atoms with Gasteiger partial charge in [0.15, 0.2) is 0 Å². The molecule has 0 saturated carbocycles. The summed E-state index contributed by atoms with van der Waals surface area (Å²) >= 11 is 0. The van der Waals surface area contributed by atoms with E-state index < -0.39 is 16.2 Å². The average Bonchev–Trinajstić information content (AvgIpc) is 3.09. The molecule has 2 nitrogen and oxygen atoms in total. The van der Waals surface area contributed by atoms with E-state index in [1.807, 2.05) is 0 Å². The summed E-state index contributed by atoms with van der Waals surface area (Å²) in [5.74, 6) is 0. The molecule has 0 heterocycles. The molecular weight excluding hydrogens is 560 g/mol. The molecule has 0 fully saturated rings. The van der Waals surface area contributed by atoms with E-state index >= 15 is 0 Å². The number of likely N-dealkylation sites (N-methyl/N-ethyl adjacent to an activating group) is 1. The van der Waals surface area contributed by atoms with E-state index in [-0.39, 0.29) is 12.1 Å². The van der Waals surface area contributed by atoms with Crippen molar-refractivity contribution in [3.63, 3.8) is 0 Å². The summed E-state index contributed by atoms with van der Waals surface area (Å²) in [5.41, 5.74) is 2.40. The largest absolute Gasteiger partial charge is 0.340 e. The van der Waals surface area contributed by atoms with Crippen LogP contribution in [-0.4, -0.2) is 11.7 Å². The maximum absolute atomic E-state index is 7.50. The van der Waals surface area contributed by atoms with Crippen LogP contribution in [0.25, 0.3) is 0 Å². The summed E-state index contributed by atoms with van der Waals surface area (Å²) in [6.45, 7) is 0. The fourth-order valence-electron chi connectivity index (χ4n) is 5.47. The molecule has 0 bridgehead atoms. The van der Waals surface area contributed by atoms with E-state index in [1.165, 1.54) is 32.3 Å². The highest BCUT2D eigenvalue weighted by atomic mass is 31.1. The van der Waals surface area contributed by atoms with Crippen molar-refractivity contribution < 1.29 is 4.52 Å². The van der Waals surface area contributed by atoms with Crippen LogP contribution in [0.3, 0.4) is 0 Å². The molecule has 0 aromatic heterocycles. The SMILES string of the molecule is CN([C@H](c1ccccc1)[C@@H](OP(c1ccccc1)c1ccccc1)c1ccccc1)P(c1ccccc1)c1ccccc1. The van der Waals surface area contributed by atoms with Crippen molar-refractivity contribution in [3.8, 4) is 0 Å². The van der Waals surface area contributed by atoms with Gasteiger partial charge in [0.25, 0.3) is 0 Å². The topological polar surface area (TPSA) is 12.5 Å². The second-order valence-electron chi connectivity index (χ2n) is 10.3. The normalized spacial score (nSPS) is 12.8. The van der Waals surface area contributed by atoms with Crippen molar-refractivity contribution in [2.24, 2.45) is 0 Å². The summed E-state index contributed by atoms with van der Waals surface area (Å²) in [6, 6.07) is 64.8. The summed E-state index contributed by atoms with van der Waals surface area (Å²) in [6.07, 6.45) is -0.238. The second-order valence-corrected chi connectivity index (χ2v) is 14.4. The number of nitrogens with zero attached hydrogens (tertiary/aromatic N) is 1. The van der Waals surface area contributed by atoms with Crippen LogP contribution in [0.2, 0.25) is 0 Å². The summed E-state index contributed by atoms with van der Waals surface area (Å²) in [5, 5.41) is 5.03. The predicted octanol–water partition coefficient (Wildman–Crippen LogP) is 8.51. The van der Waals surface area contributed by atoms with Gasteiger partial charge in [-0.1, -0.05) is 182 Å². The Morgan fingerprint density at radius 2 is 0.744 bits per heavy atom. The molecule has 2 atom stereocenters. The van der Waals surface area contributed by atoms with Gasteiger partial charge in [-0.15, -0.1) is 0 Å². The summed E-state index contributed by atoms with van der Waals surface area (Å²) < 4.78 is 10.1. The van der Waals surface area contributed by atoms with E-state index in [9.17, 15) is 0 Å². The van der Waals surface area contributed by atoms with Gasteiger partial charge in [-0.2, -0.15) is 0 Å². The first-order chi connectivity index (χ1) is 21.3. The predicted molar refractivity (Wildman–Crippen MR) is 185 cm³/mol. The Morgan fingerprint density at radius 3 is 1.14 bits per heavy atom. The molecule has 0 aliphatic heterocycles. The van der Waals surface area contributed by atoms with Crippen LogP contribution in [0, 0.1) is 0 Å². The second kappa shape index (κ2) is 14.5. The van der Waals surface area contributed by atoms with Gasteiger partial charge in [0, 0.05) is 18.7 Å². The third-order valence-corrected chi connectivity index (χ3v) is 11.9. The van der Waals surface area contributed by atoms with Gasteiger partial charge in [-0.05, 0) is 28.8 Å². The molecule has 0 aliphatic rings. The van der Waals surface area contributed by atoms with Crippen LogP contribution in [0.4, 0.5) is 0 Å². The van der Waals surface area contributed by atoms with Crippen LogP contribution < -0.4 is 21.2 Å². The maximum atomic E-state index is 7.50. The lowest BCUT2D eigenvalue weighted by molar-refractivity contribution is 0.144. The average molecular weight is 596 g/mol. The molecule has 0 amide bonds. The van der Waals surface area contributed by atoms with Gasteiger partial charge in [0.2, 0.25) is 0 Å². The van der Waals surface area contributed by atoms with E-state index in [1.54, 1.807) is 0 Å². The molecular formula is C39H35NOP2. The minimum Gasteiger partial charge on any atom is -0.340 e. The van der Waals surface area contributed by atoms with E-state index in [2.05, 4.69) is 194 Å². The van der Waals surface area contributed by atoms with E-state index in [0.717, 1.165) is 0 Å². The third kappa shape index (κ3) is 7.02. The fraction of sp³-hybridized carbons (Fsp3) is 0.0769. The number of benzene rings is 6. The monoisotopic (exact) mass is 595 g/mol. The fourth-order valence-corrected chi connectivity index (χ4v) is 9.80. The standard InChI is InChI=1S/C39H35NOP2/c1-40(42(34-24-12-4-13-25-34)35-26-14-5-15-27-35)38(32-20-8-2-9-21-32)39(33-22-10-3-11-23-33)41-43(36-28-16-6-17-29-36)37-30-18-7-19-31-37/h2-31,38-39H,1H3/t38-,39+/m1/s1. The van der Waals surface area contributed by atoms with Crippen LogP contribution in [-0.2, 0) is 4.52 Å². The highest BCUT2D eigenvalue weighted by Crippen LogP contribution is 2.52. The minimum absolute atomic E-state index is 0.0625. The molecule has 0 radical (unpaired) electrons. The van der Waals surface area contributed by atoms with Gasteiger partial charge in [-0.25, -0.2) is 0 Å². The first-order valence-corrected chi connectivity index (χ1v) is 17.1. The van der Waals surface area contributed by atoms with Crippen LogP contribution in [0.5, 0.6) is 0 Å². The molecule has 4 heteroatoms. The molecule has 0 spiro atoms. The Bertz CT molecular complexity index is 1570. The zero-order chi connectivity index (χ0) is 29.3. The number of rotatable bonds is 11. The first kappa shape index (κ1) is 29.2. The Balaban J connectivity index is 1.52. The van der Waals surface area contributed by atoms with Crippen molar-refractivity contribution in [2.75, 3.05) is 7.05 Å². The quantitative estimate of drug-likeness (QED) is 0.139. The smallest absolute Gasteiger partial charge is 0.108 e. The highest BCUT2D eigenvalue weighted by molar-refractivity contribution is 7.70. The third-order valence-electron chi connectivity index (χ3n) is 7.48. The minimum atomic E-state index is -1.11. The van der Waals surface area contributed by atoms with Crippen molar-refractivity contribution in [2.45, 2.75) is 12.1 Å². The molecule has 0 unspecified atom stereocenters. The maximum Gasteiger partial charge on any atom is 0.108 e. The van der Waals surface area contributed by atoms with Crippen LogP contribution >= 0.6 is 16.2 Å². The molecule has 6 aromatic carbocycles. The van der Waals surface area contributed by atoms with Gasteiger partial charge < -0.3 is 4.52 Å². The molecule has 212 valence electrons. The van der Waals surface area contributed by atoms with Crippen LogP contribution in [0.15, 0.2) is 182 Å². The van der Waals surface area contributed by atoms with Crippen molar-refractivity contribution in [1.29, 1.82) is 0 Å². The van der Waals surface area contributed by atoms with E-state index in [0.29, 0.717) is 0 Å². The van der Waals surface area contributed by atoms with Crippen molar-refractivity contribution in [3.05, 3.63) is 193 Å². The van der Waals surface area contributed by atoms with Gasteiger partial charge in [0.1, 0.15) is 6.10 Å². The van der Waals surface area contributed by atoms with E-state index in [4.69, 9.17) is 4.52 Å². The highest BCUT2D eigenvalue weighted by Gasteiger charge is 2.36. The molecule has 0 N–H and O–H groups in total. The lowest BCUT2D eigenvalue weighted by Crippen LogP contribution is -2.33. The number of hydrogen-bond donors (Lipinski definition) is 0. The summed E-state index contributed by atoms with van der Waals surface area (Å²) in [4.78, 5) is 0. The van der Waals surface area contributed by atoms with Crippen LogP contribution in [0.1, 0.15) is 23.3 Å². The molecule has 0 saturated heterocycles. The zero-order valence-electron chi connectivity index (χ0n) is 24.2. The first-order valence-electron chi connectivity index (χ1n) is 14.6. The Kier molecular flexibility index (Phi) is 9.85.